The Labute approximate surface area is 347 Å². The number of hydrogen-bond donors (Lipinski definition) is 0. The summed E-state index contributed by atoms with van der Waals surface area (Å²) in [6, 6.07) is 14.4. The van der Waals surface area contributed by atoms with Gasteiger partial charge >= 0.3 is 23.9 Å². The first-order chi connectivity index (χ1) is 28.4. The lowest BCUT2D eigenvalue weighted by Crippen LogP contribution is -2.30. The normalized spacial score (nSPS) is 14.8. The van der Waals surface area contributed by atoms with Crippen molar-refractivity contribution in [2.45, 2.75) is 141 Å². The number of rotatable bonds is 32. The van der Waals surface area contributed by atoms with Gasteiger partial charge in [0.2, 0.25) is 0 Å². The van der Waals surface area contributed by atoms with E-state index in [4.69, 9.17) is 28.4 Å². The Morgan fingerprint density at radius 3 is 0.966 bits per heavy atom. The summed E-state index contributed by atoms with van der Waals surface area (Å²) in [5.74, 6) is 0.770. The maximum atomic E-state index is 12.9. The lowest BCUT2D eigenvalue weighted by Gasteiger charge is -2.25. The SMILES string of the molecule is C=CC(=O)OCCCCCCCCCCCOc1ccc(OC(=O)C2CCC(C(=O)Oc3ccc(OCCCCCCCCCCCOC(=O)C=C)cc3)CC2)cc1. The summed E-state index contributed by atoms with van der Waals surface area (Å²) in [7, 11) is 0. The fourth-order valence-electron chi connectivity index (χ4n) is 6.90. The van der Waals surface area contributed by atoms with Crippen molar-refractivity contribution in [1.29, 1.82) is 0 Å². The Kier molecular flexibility index (Phi) is 25.1. The highest BCUT2D eigenvalue weighted by Gasteiger charge is 2.32. The molecule has 2 aromatic rings. The van der Waals surface area contributed by atoms with E-state index >= 15 is 0 Å². The summed E-state index contributed by atoms with van der Waals surface area (Å²) in [5.41, 5.74) is 0. The molecule has 320 valence electrons. The first kappa shape index (κ1) is 47.8. The Morgan fingerprint density at radius 1 is 0.414 bits per heavy atom. The number of carbonyl (C=O) groups excluding carboxylic acids is 4. The van der Waals surface area contributed by atoms with Crippen molar-refractivity contribution in [3.05, 3.63) is 73.8 Å². The molecule has 0 bridgehead atoms. The molecule has 1 aliphatic rings. The van der Waals surface area contributed by atoms with Crippen LogP contribution in [0.3, 0.4) is 0 Å². The first-order valence-electron chi connectivity index (χ1n) is 21.9. The van der Waals surface area contributed by atoms with E-state index in [2.05, 4.69) is 13.2 Å². The molecule has 0 atom stereocenters. The quantitative estimate of drug-likeness (QED) is 0.0305. The molecule has 0 aliphatic heterocycles. The number of esters is 4. The van der Waals surface area contributed by atoms with Crippen LogP contribution in [0.1, 0.15) is 141 Å². The summed E-state index contributed by atoms with van der Waals surface area (Å²) >= 11 is 0. The fourth-order valence-corrected chi connectivity index (χ4v) is 6.90. The van der Waals surface area contributed by atoms with Crippen molar-refractivity contribution in [1.82, 2.24) is 0 Å². The largest absolute Gasteiger partial charge is 0.494 e. The summed E-state index contributed by atoms with van der Waals surface area (Å²) in [4.78, 5) is 47.8. The van der Waals surface area contributed by atoms with E-state index in [9.17, 15) is 19.2 Å². The molecule has 3 rings (SSSR count). The van der Waals surface area contributed by atoms with E-state index in [0.29, 0.717) is 63.6 Å². The van der Waals surface area contributed by atoms with Crippen LogP contribution in [0.2, 0.25) is 0 Å². The Morgan fingerprint density at radius 2 is 0.672 bits per heavy atom. The second kappa shape index (κ2) is 30.5. The zero-order chi connectivity index (χ0) is 41.5. The van der Waals surface area contributed by atoms with Crippen LogP contribution in [-0.2, 0) is 28.7 Å². The van der Waals surface area contributed by atoms with Gasteiger partial charge in [0.15, 0.2) is 0 Å². The predicted molar refractivity (Wildman–Crippen MR) is 226 cm³/mol. The van der Waals surface area contributed by atoms with Gasteiger partial charge in [-0.3, -0.25) is 9.59 Å². The van der Waals surface area contributed by atoms with E-state index in [1.54, 1.807) is 24.3 Å². The van der Waals surface area contributed by atoms with Crippen LogP contribution in [0.4, 0.5) is 0 Å². The molecule has 0 amide bonds. The first-order valence-corrected chi connectivity index (χ1v) is 21.9. The number of hydrogen-bond acceptors (Lipinski definition) is 10. The molecule has 58 heavy (non-hydrogen) atoms. The molecule has 10 nitrogen and oxygen atoms in total. The van der Waals surface area contributed by atoms with E-state index in [-0.39, 0.29) is 35.7 Å². The topological polar surface area (TPSA) is 124 Å². The third-order valence-electron chi connectivity index (χ3n) is 10.4. The molecule has 0 unspecified atom stereocenters. The van der Waals surface area contributed by atoms with Crippen molar-refractivity contribution in [3.8, 4) is 23.0 Å². The van der Waals surface area contributed by atoms with Crippen molar-refractivity contribution in [2.75, 3.05) is 26.4 Å². The predicted octanol–water partition coefficient (Wildman–Crippen LogP) is 11.2. The van der Waals surface area contributed by atoms with Crippen molar-refractivity contribution in [2.24, 2.45) is 11.8 Å². The van der Waals surface area contributed by atoms with Crippen LogP contribution in [0, 0.1) is 11.8 Å². The lowest BCUT2D eigenvalue weighted by molar-refractivity contribution is -0.145. The van der Waals surface area contributed by atoms with Gasteiger partial charge in [0.05, 0.1) is 38.3 Å². The lowest BCUT2D eigenvalue weighted by atomic mass is 9.82. The zero-order valence-corrected chi connectivity index (χ0v) is 34.8. The van der Waals surface area contributed by atoms with Gasteiger partial charge in [-0.05, 0) is 99.9 Å². The number of unbranched alkanes of at least 4 members (excludes halogenated alkanes) is 16. The Balaban J connectivity index is 1.16. The highest BCUT2D eigenvalue weighted by molar-refractivity contribution is 5.81. The standard InChI is InChI=1S/C48H68O10/c1-3-45(49)55-37-21-17-13-9-5-7-11-15-19-35-53-41-27-31-43(32-28-41)57-47(51)39-23-25-40(26-24-39)48(52)58-44-33-29-42(30-34-44)54-36-20-16-12-8-6-10-14-18-22-38-56-46(50)4-2/h3-4,27-34,39-40H,1-2,5-26,35-38H2. The van der Waals surface area contributed by atoms with Crippen LogP contribution in [0.5, 0.6) is 23.0 Å². The molecule has 0 N–H and O–H groups in total. The minimum atomic E-state index is -0.349. The van der Waals surface area contributed by atoms with Gasteiger partial charge in [0.1, 0.15) is 23.0 Å². The molecule has 0 spiro atoms. The van der Waals surface area contributed by atoms with Crippen LogP contribution in [0.15, 0.2) is 73.8 Å². The molecule has 1 saturated carbocycles. The second-order valence-electron chi connectivity index (χ2n) is 15.1. The molecule has 2 aromatic carbocycles. The van der Waals surface area contributed by atoms with Gasteiger partial charge in [0.25, 0.3) is 0 Å². The number of carbonyl (C=O) groups is 4. The van der Waals surface area contributed by atoms with E-state index < -0.39 is 0 Å². The van der Waals surface area contributed by atoms with E-state index in [1.807, 2.05) is 24.3 Å². The highest BCUT2D eigenvalue weighted by atomic mass is 16.5. The van der Waals surface area contributed by atoms with Crippen LogP contribution >= 0.6 is 0 Å². The molecule has 1 fully saturated rings. The summed E-state index contributed by atoms with van der Waals surface area (Å²) in [6.07, 6.45) is 24.9. The smallest absolute Gasteiger partial charge is 0.330 e. The average Bonchev–Trinajstić information content (AvgIpc) is 3.25. The molecular formula is C48H68O10. The summed E-state index contributed by atoms with van der Waals surface area (Å²) < 4.78 is 33.1. The van der Waals surface area contributed by atoms with Crippen LogP contribution in [-0.4, -0.2) is 50.3 Å². The third-order valence-corrected chi connectivity index (χ3v) is 10.4. The Hall–Kier alpha value is -4.60. The number of benzene rings is 2. The van der Waals surface area contributed by atoms with Gasteiger partial charge in [-0.1, -0.05) is 103 Å². The van der Waals surface area contributed by atoms with Gasteiger partial charge in [-0.25, -0.2) is 9.59 Å². The highest BCUT2D eigenvalue weighted by Crippen LogP contribution is 2.32. The van der Waals surface area contributed by atoms with Gasteiger partial charge in [-0.2, -0.15) is 0 Å². The minimum absolute atomic E-state index is 0.247. The zero-order valence-electron chi connectivity index (χ0n) is 34.8. The summed E-state index contributed by atoms with van der Waals surface area (Å²) in [5, 5.41) is 0. The molecule has 10 heteroatoms. The maximum Gasteiger partial charge on any atom is 0.330 e. The fraction of sp³-hybridized carbons (Fsp3) is 0.583. The number of ether oxygens (including phenoxy) is 6. The van der Waals surface area contributed by atoms with Crippen LogP contribution < -0.4 is 18.9 Å². The van der Waals surface area contributed by atoms with Crippen LogP contribution in [0.25, 0.3) is 0 Å². The van der Waals surface area contributed by atoms with Gasteiger partial charge in [-0.15, -0.1) is 0 Å². The van der Waals surface area contributed by atoms with Gasteiger partial charge < -0.3 is 28.4 Å². The van der Waals surface area contributed by atoms with Crippen molar-refractivity contribution >= 4 is 23.9 Å². The maximum absolute atomic E-state index is 12.9. The van der Waals surface area contributed by atoms with Gasteiger partial charge in [0, 0.05) is 12.2 Å². The second-order valence-corrected chi connectivity index (χ2v) is 15.1. The molecule has 0 radical (unpaired) electrons. The van der Waals surface area contributed by atoms with Crippen molar-refractivity contribution in [3.63, 3.8) is 0 Å². The average molecular weight is 805 g/mol. The van der Waals surface area contributed by atoms with E-state index in [0.717, 1.165) is 75.7 Å². The monoisotopic (exact) mass is 804 g/mol. The molecule has 0 saturated heterocycles. The summed E-state index contributed by atoms with van der Waals surface area (Å²) in [6.45, 7) is 9.04. The minimum Gasteiger partial charge on any atom is -0.494 e. The van der Waals surface area contributed by atoms with E-state index in [1.165, 1.54) is 63.5 Å². The third kappa shape index (κ3) is 21.8. The Bertz CT molecular complexity index is 1350. The molecular weight excluding hydrogens is 737 g/mol. The molecule has 0 aromatic heterocycles. The molecule has 1 aliphatic carbocycles. The van der Waals surface area contributed by atoms with Crippen molar-refractivity contribution < 1.29 is 47.6 Å². The molecule has 0 heterocycles.